The zero-order valence-electron chi connectivity index (χ0n) is 9.95. The Kier molecular flexibility index (Phi) is 5.30. The van der Waals surface area contributed by atoms with Gasteiger partial charge in [0, 0.05) is 5.02 Å². The van der Waals surface area contributed by atoms with E-state index in [9.17, 15) is 0 Å². The van der Waals surface area contributed by atoms with Crippen LogP contribution in [0.3, 0.4) is 0 Å². The first-order chi connectivity index (χ1) is 9.64. The molecule has 0 bridgehead atoms. The lowest BCUT2D eigenvalue weighted by Gasteiger charge is -2.13. The number of allylic oxidation sites excluding steroid dienone is 1. The fraction of sp³-hybridized carbons (Fsp3) is 0. The van der Waals surface area contributed by atoms with E-state index in [-0.39, 0.29) is 5.57 Å². The molecule has 0 aliphatic carbocycles. The third-order valence-corrected chi connectivity index (χ3v) is 2.25. The minimum atomic E-state index is -0.411. The molecule has 0 radical (unpaired) electrons. The van der Waals surface area contributed by atoms with Crippen LogP contribution in [-0.2, 0) is 0 Å². The number of hydrogen-bond donors (Lipinski definition) is 0. The Morgan fingerprint density at radius 1 is 1.00 bits per heavy atom. The maximum absolute atomic E-state index is 8.75. The van der Waals surface area contributed by atoms with Crippen LogP contribution in [0.25, 0.3) is 0 Å². The number of nitrogens with zero attached hydrogens (tertiary/aromatic N) is 6. The van der Waals surface area contributed by atoms with Gasteiger partial charge in [-0.2, -0.15) is 21.0 Å². The maximum Gasteiger partial charge on any atom is 0.237 e. The molecule has 0 heterocycles. The first kappa shape index (κ1) is 14.7. The molecule has 0 amide bonds. The molecule has 0 unspecified atom stereocenters. The first-order valence-electron chi connectivity index (χ1n) is 5.10. The highest BCUT2D eigenvalue weighted by Crippen LogP contribution is 2.19. The Hall–Kier alpha value is -3.32. The van der Waals surface area contributed by atoms with Gasteiger partial charge in [-0.1, -0.05) is 11.6 Å². The largest absolute Gasteiger partial charge is 0.237 e. The van der Waals surface area contributed by atoms with Gasteiger partial charge < -0.3 is 0 Å². The van der Waals surface area contributed by atoms with Gasteiger partial charge in [0.2, 0.25) is 5.71 Å². The maximum atomic E-state index is 8.75. The molecule has 0 N–H and O–H groups in total. The van der Waals surface area contributed by atoms with Gasteiger partial charge in [0.25, 0.3) is 0 Å². The van der Waals surface area contributed by atoms with Crippen molar-refractivity contribution in [2.75, 3.05) is 5.01 Å². The molecule has 0 fully saturated rings. The molecule has 7 heteroatoms. The van der Waals surface area contributed by atoms with Gasteiger partial charge in [-0.25, -0.2) is 5.01 Å². The smallest absolute Gasteiger partial charge is 0.237 e. The molecule has 0 saturated heterocycles. The van der Waals surface area contributed by atoms with E-state index < -0.39 is 5.71 Å². The van der Waals surface area contributed by atoms with E-state index in [0.717, 1.165) is 11.2 Å². The second-order valence-corrected chi connectivity index (χ2v) is 3.70. The Bertz CT molecular complexity index is 645. The van der Waals surface area contributed by atoms with Crippen molar-refractivity contribution in [3.05, 3.63) is 41.1 Å². The summed E-state index contributed by atoms with van der Waals surface area (Å²) in [4.78, 5) is 0. The van der Waals surface area contributed by atoms with Crippen molar-refractivity contribution in [1.29, 1.82) is 21.0 Å². The number of hydrogen-bond acceptors (Lipinski definition) is 6. The van der Waals surface area contributed by atoms with Crippen LogP contribution in [0.5, 0.6) is 0 Å². The molecule has 20 heavy (non-hydrogen) atoms. The second kappa shape index (κ2) is 7.19. The van der Waals surface area contributed by atoms with Crippen molar-refractivity contribution < 1.29 is 0 Å². The summed E-state index contributed by atoms with van der Waals surface area (Å²) in [6, 6.07) is 12.8. The lowest BCUT2D eigenvalue weighted by atomic mass is 10.3. The predicted octanol–water partition coefficient (Wildman–Crippen LogP) is 2.48. The predicted molar refractivity (Wildman–Crippen MR) is 71.9 cm³/mol. The SMILES string of the molecule is N#CC(C#N)=CN(N=C(C#N)C#N)c1ccc(Cl)cc1. The number of benzene rings is 1. The van der Waals surface area contributed by atoms with Crippen LogP contribution in [0.2, 0.25) is 5.02 Å². The fourth-order valence-corrected chi connectivity index (χ4v) is 1.26. The Morgan fingerprint density at radius 3 is 2.00 bits per heavy atom. The third kappa shape index (κ3) is 3.86. The van der Waals surface area contributed by atoms with E-state index in [2.05, 4.69) is 5.10 Å². The first-order valence-corrected chi connectivity index (χ1v) is 5.48. The quantitative estimate of drug-likeness (QED) is 0.480. The van der Waals surface area contributed by atoms with Crippen LogP contribution < -0.4 is 5.01 Å². The summed E-state index contributed by atoms with van der Waals surface area (Å²) in [6.07, 6.45) is 1.12. The van der Waals surface area contributed by atoms with E-state index in [1.165, 1.54) is 0 Å². The van der Waals surface area contributed by atoms with Crippen LogP contribution in [0.4, 0.5) is 5.69 Å². The van der Waals surface area contributed by atoms with E-state index in [0.29, 0.717) is 10.7 Å². The van der Waals surface area contributed by atoms with Crippen molar-refractivity contribution in [3.63, 3.8) is 0 Å². The van der Waals surface area contributed by atoms with Crippen LogP contribution in [0.1, 0.15) is 0 Å². The van der Waals surface area contributed by atoms with E-state index in [1.807, 2.05) is 0 Å². The summed E-state index contributed by atoms with van der Waals surface area (Å²) in [5, 5.41) is 40.3. The van der Waals surface area contributed by atoms with E-state index >= 15 is 0 Å². The van der Waals surface area contributed by atoms with Crippen molar-refractivity contribution in [2.45, 2.75) is 0 Å². The summed E-state index contributed by atoms with van der Waals surface area (Å²) < 4.78 is 0. The van der Waals surface area contributed by atoms with Crippen LogP contribution in [0.15, 0.2) is 41.1 Å². The summed E-state index contributed by atoms with van der Waals surface area (Å²) >= 11 is 5.76. The van der Waals surface area contributed by atoms with Crippen LogP contribution in [-0.4, -0.2) is 5.71 Å². The molecular weight excluding hydrogens is 276 g/mol. The highest BCUT2D eigenvalue weighted by molar-refractivity contribution is 6.30. The zero-order chi connectivity index (χ0) is 15.0. The normalized spacial score (nSPS) is 8.05. The van der Waals surface area contributed by atoms with Gasteiger partial charge in [-0.05, 0) is 24.3 Å². The molecule has 0 atom stereocenters. The Balaban J connectivity index is 3.34. The van der Waals surface area contributed by atoms with Crippen LogP contribution >= 0.6 is 11.6 Å². The fourth-order valence-electron chi connectivity index (χ4n) is 1.14. The molecule has 0 aliphatic rings. The molecule has 1 aromatic carbocycles. The van der Waals surface area contributed by atoms with E-state index in [4.69, 9.17) is 32.6 Å². The van der Waals surface area contributed by atoms with Crippen molar-refractivity contribution in [2.24, 2.45) is 5.10 Å². The molecule has 0 aliphatic heterocycles. The van der Waals surface area contributed by atoms with Crippen molar-refractivity contribution in [3.8, 4) is 24.3 Å². The lowest BCUT2D eigenvalue weighted by molar-refractivity contribution is 1.07. The average molecular weight is 281 g/mol. The standard InChI is InChI=1S/C13H5ClN6/c14-11-1-3-13(4-2-11)20(9-10(5-15)6-16)19-12(7-17)8-18/h1-4,9H. The highest BCUT2D eigenvalue weighted by Gasteiger charge is 2.07. The van der Waals surface area contributed by atoms with Gasteiger partial charge in [-0.3, -0.25) is 0 Å². The summed E-state index contributed by atoms with van der Waals surface area (Å²) in [5.74, 6) is 0. The summed E-state index contributed by atoms with van der Waals surface area (Å²) in [6.45, 7) is 0. The topological polar surface area (TPSA) is 111 Å². The third-order valence-electron chi connectivity index (χ3n) is 2.00. The molecular formula is C13H5ClN6. The molecule has 0 saturated carbocycles. The Labute approximate surface area is 120 Å². The Morgan fingerprint density at radius 2 is 1.55 bits per heavy atom. The molecule has 94 valence electrons. The van der Waals surface area contributed by atoms with Gasteiger partial charge in [0.1, 0.15) is 29.8 Å². The zero-order valence-corrected chi connectivity index (χ0v) is 10.7. The number of halogens is 1. The lowest BCUT2D eigenvalue weighted by Crippen LogP contribution is -2.11. The van der Waals surface area contributed by atoms with Crippen molar-refractivity contribution in [1.82, 2.24) is 0 Å². The monoisotopic (exact) mass is 280 g/mol. The summed E-state index contributed by atoms with van der Waals surface area (Å²) in [5.41, 5.74) is -0.189. The van der Waals surface area contributed by atoms with Crippen LogP contribution in [0, 0.1) is 45.3 Å². The molecule has 0 spiro atoms. The van der Waals surface area contributed by atoms with Crippen molar-refractivity contribution >= 4 is 23.0 Å². The van der Waals surface area contributed by atoms with Gasteiger partial charge in [0.05, 0.1) is 11.9 Å². The summed E-state index contributed by atoms with van der Waals surface area (Å²) in [7, 11) is 0. The van der Waals surface area contributed by atoms with Gasteiger partial charge in [-0.15, -0.1) is 5.10 Å². The molecule has 1 aromatic rings. The highest BCUT2D eigenvalue weighted by atomic mass is 35.5. The second-order valence-electron chi connectivity index (χ2n) is 3.26. The number of nitriles is 4. The molecule has 0 aromatic heterocycles. The molecule has 1 rings (SSSR count). The van der Waals surface area contributed by atoms with Gasteiger partial charge in [0.15, 0.2) is 0 Å². The minimum absolute atomic E-state index is 0.223. The van der Waals surface area contributed by atoms with E-state index in [1.54, 1.807) is 48.5 Å². The number of rotatable bonds is 3. The minimum Gasteiger partial charge on any atom is -0.237 e. The molecule has 6 nitrogen and oxygen atoms in total. The number of anilines is 1. The average Bonchev–Trinajstić information content (AvgIpc) is 2.49. The van der Waals surface area contributed by atoms with Gasteiger partial charge >= 0.3 is 0 Å². The number of hydrazone groups is 1.